The number of nitrogens with zero attached hydrogens (tertiary/aromatic N) is 3. The number of hydrogen-bond acceptors (Lipinski definition) is 6. The lowest BCUT2D eigenvalue weighted by molar-refractivity contribution is -0.121. The van der Waals surface area contributed by atoms with Gasteiger partial charge in [0.05, 0.1) is 11.4 Å². The van der Waals surface area contributed by atoms with Crippen molar-refractivity contribution in [3.05, 3.63) is 100 Å². The predicted octanol–water partition coefficient (Wildman–Crippen LogP) is 7.46. The highest BCUT2D eigenvalue weighted by atomic mass is 19.1. The monoisotopic (exact) mass is 701 g/mol. The number of H-pyrrole nitrogens is 2. The average molecular weight is 702 g/mol. The zero-order chi connectivity index (χ0) is 35.4. The van der Waals surface area contributed by atoms with Crippen molar-refractivity contribution in [3.63, 3.8) is 0 Å². The lowest BCUT2D eigenvalue weighted by Crippen LogP contribution is -2.32. The number of aromatic amines is 2. The molecule has 5 heterocycles. The summed E-state index contributed by atoms with van der Waals surface area (Å²) >= 11 is 0. The van der Waals surface area contributed by atoms with E-state index in [0.29, 0.717) is 30.3 Å². The summed E-state index contributed by atoms with van der Waals surface area (Å²) < 4.78 is 21.1. The summed E-state index contributed by atoms with van der Waals surface area (Å²) in [5.74, 6) is 0.774. The quantitative estimate of drug-likeness (QED) is 0.137. The number of allylic oxidation sites excluding steroid dienone is 7. The Morgan fingerprint density at radius 1 is 1.06 bits per heavy atom. The van der Waals surface area contributed by atoms with Gasteiger partial charge in [-0.3, -0.25) is 14.8 Å². The molecule has 3 aromatic heterocycles. The van der Waals surface area contributed by atoms with Crippen molar-refractivity contribution in [1.82, 2.24) is 35.7 Å². The number of amides is 1. The molecule has 2 aliphatic carbocycles. The Morgan fingerprint density at radius 2 is 1.92 bits per heavy atom. The van der Waals surface area contributed by atoms with E-state index in [9.17, 15) is 4.79 Å². The Hall–Kier alpha value is -4.80. The molecule has 1 aromatic carbocycles. The molecule has 52 heavy (non-hydrogen) atoms. The van der Waals surface area contributed by atoms with E-state index in [1.165, 1.54) is 24.5 Å². The first-order valence-electron chi connectivity index (χ1n) is 19.0. The number of rotatable bonds is 10. The third-order valence-electron chi connectivity index (χ3n) is 10.8. The third kappa shape index (κ3) is 7.83. The van der Waals surface area contributed by atoms with Crippen LogP contribution in [0.4, 0.5) is 4.39 Å². The van der Waals surface area contributed by atoms with Gasteiger partial charge in [0.15, 0.2) is 5.65 Å². The van der Waals surface area contributed by atoms with Crippen molar-refractivity contribution in [2.24, 2.45) is 5.92 Å². The normalized spacial score (nSPS) is 18.6. The van der Waals surface area contributed by atoms with Crippen LogP contribution in [0.1, 0.15) is 80.7 Å². The number of piperidine rings is 1. The third-order valence-corrected chi connectivity index (χ3v) is 10.8. The molecule has 4 aliphatic rings. The minimum atomic E-state index is -0.318. The smallest absolute Gasteiger partial charge is 0.224 e. The van der Waals surface area contributed by atoms with Gasteiger partial charge in [-0.15, -0.1) is 0 Å². The van der Waals surface area contributed by atoms with Gasteiger partial charge < -0.3 is 20.4 Å². The van der Waals surface area contributed by atoms with Crippen molar-refractivity contribution in [2.45, 2.75) is 64.7 Å². The van der Waals surface area contributed by atoms with Gasteiger partial charge in [0.2, 0.25) is 5.91 Å². The number of likely N-dealkylation sites (tertiary alicyclic amines) is 1. The topological polar surface area (TPSA) is 111 Å². The number of fused-ring (bicyclic) bond motifs is 2. The fourth-order valence-corrected chi connectivity index (χ4v) is 8.03. The van der Waals surface area contributed by atoms with E-state index < -0.39 is 0 Å². The van der Waals surface area contributed by atoms with E-state index in [-0.39, 0.29) is 11.7 Å². The van der Waals surface area contributed by atoms with Crippen molar-refractivity contribution >= 4 is 28.1 Å². The SMILES string of the molecule is CC1=CC=C(c2cc(F)cc(OCCN3CCCC3)c2)c2cc(-c3[nH]nc4ncc(C5=CCCCC(NC(=O)CC6CCNCC6)=C5)cc34)[nH]c2C1. The number of carbonyl (C=O) groups is 1. The van der Waals surface area contributed by atoms with E-state index >= 15 is 4.39 Å². The Labute approximate surface area is 304 Å². The molecule has 4 N–H and O–H groups in total. The highest BCUT2D eigenvalue weighted by Gasteiger charge is 2.22. The maximum atomic E-state index is 15.1. The first-order chi connectivity index (χ1) is 25.4. The van der Waals surface area contributed by atoms with Gasteiger partial charge in [-0.1, -0.05) is 23.8 Å². The zero-order valence-corrected chi connectivity index (χ0v) is 30.0. The standard InChI is InChI=1S/C42H48FN7O2/c1-27-8-9-35(30-20-32(43)24-34(22-30)52-17-16-50-14-4-5-15-50)36-25-39(47-38(36)18-27)41-37-23-31(26-45-42(37)49-48-41)29-6-2-3-7-33(21-29)46-40(51)19-28-10-12-44-13-11-28/h6,8-9,20-26,28,44,47H,2-5,7,10-19H2,1H3,(H,46,51)(H,45,48,49). The fourth-order valence-electron chi connectivity index (χ4n) is 8.03. The summed E-state index contributed by atoms with van der Waals surface area (Å²) in [6.45, 7) is 7.67. The number of ether oxygens (including phenoxy) is 1. The second-order valence-electron chi connectivity index (χ2n) is 14.8. The molecule has 8 rings (SSSR count). The Balaban J connectivity index is 1.05. The highest BCUT2D eigenvalue weighted by molar-refractivity contribution is 5.94. The maximum absolute atomic E-state index is 15.1. The summed E-state index contributed by atoms with van der Waals surface area (Å²) in [7, 11) is 0. The fraction of sp³-hybridized carbons (Fsp3) is 0.405. The largest absolute Gasteiger partial charge is 0.492 e. The van der Waals surface area contributed by atoms with Crippen LogP contribution in [-0.2, 0) is 11.2 Å². The van der Waals surface area contributed by atoms with Gasteiger partial charge in [0.25, 0.3) is 0 Å². The number of benzene rings is 1. The summed E-state index contributed by atoms with van der Waals surface area (Å²) in [4.78, 5) is 23.8. The molecule has 0 atom stereocenters. The molecule has 2 saturated heterocycles. The molecule has 0 saturated carbocycles. The summed E-state index contributed by atoms with van der Waals surface area (Å²) in [6, 6.07) is 9.28. The Morgan fingerprint density at radius 3 is 2.79 bits per heavy atom. The number of pyridine rings is 1. The van der Waals surface area contributed by atoms with E-state index in [1.807, 2.05) is 12.3 Å². The van der Waals surface area contributed by atoms with Crippen molar-refractivity contribution in [2.75, 3.05) is 39.3 Å². The second-order valence-corrected chi connectivity index (χ2v) is 14.8. The lowest BCUT2D eigenvalue weighted by atomic mass is 9.94. The molecule has 0 unspecified atom stereocenters. The minimum Gasteiger partial charge on any atom is -0.492 e. The van der Waals surface area contributed by atoms with Crippen LogP contribution in [0.25, 0.3) is 33.6 Å². The van der Waals surface area contributed by atoms with Gasteiger partial charge in [-0.05, 0) is 131 Å². The number of hydrogen-bond donors (Lipinski definition) is 4. The van der Waals surface area contributed by atoms with E-state index in [2.05, 4.69) is 74.1 Å². The predicted molar refractivity (Wildman–Crippen MR) is 204 cm³/mol. The maximum Gasteiger partial charge on any atom is 0.224 e. The molecule has 0 spiro atoms. The molecule has 1 amide bonds. The second kappa shape index (κ2) is 15.4. The van der Waals surface area contributed by atoms with Crippen LogP contribution in [0.5, 0.6) is 5.75 Å². The van der Waals surface area contributed by atoms with E-state index in [4.69, 9.17) is 9.72 Å². The van der Waals surface area contributed by atoms with Crippen LogP contribution >= 0.6 is 0 Å². The number of nitrogens with one attached hydrogen (secondary N) is 4. The summed E-state index contributed by atoms with van der Waals surface area (Å²) in [5, 5.41) is 15.3. The van der Waals surface area contributed by atoms with Gasteiger partial charge in [-0.25, -0.2) is 9.37 Å². The van der Waals surface area contributed by atoms with E-state index in [1.54, 1.807) is 6.07 Å². The number of halogens is 1. The van der Waals surface area contributed by atoms with Crippen LogP contribution in [-0.4, -0.2) is 70.3 Å². The summed E-state index contributed by atoms with van der Waals surface area (Å²) in [6.07, 6.45) is 19.0. The Bertz CT molecular complexity index is 2070. The average Bonchev–Trinajstić information content (AvgIpc) is 3.84. The number of carbonyl (C=O) groups excluding carboxylic acids is 1. The van der Waals surface area contributed by atoms with Crippen LogP contribution in [0.2, 0.25) is 0 Å². The molecule has 9 nitrogen and oxygen atoms in total. The Kier molecular flexibility index (Phi) is 10.2. The van der Waals surface area contributed by atoms with Gasteiger partial charge >= 0.3 is 0 Å². The molecular formula is C42H48FN7O2. The first-order valence-corrected chi connectivity index (χ1v) is 19.0. The molecule has 2 aliphatic heterocycles. The van der Waals surface area contributed by atoms with Crippen LogP contribution < -0.4 is 15.4 Å². The van der Waals surface area contributed by atoms with Crippen molar-refractivity contribution < 1.29 is 13.9 Å². The zero-order valence-electron chi connectivity index (χ0n) is 30.0. The van der Waals surface area contributed by atoms with E-state index in [0.717, 1.165) is 127 Å². The lowest BCUT2D eigenvalue weighted by Gasteiger charge is -2.22. The van der Waals surface area contributed by atoms with Gasteiger partial charge in [0.1, 0.15) is 18.2 Å². The molecule has 0 radical (unpaired) electrons. The van der Waals surface area contributed by atoms with Crippen molar-refractivity contribution in [3.8, 4) is 17.1 Å². The molecular weight excluding hydrogens is 654 g/mol. The highest BCUT2D eigenvalue weighted by Crippen LogP contribution is 2.37. The summed E-state index contributed by atoms with van der Waals surface area (Å²) in [5.41, 5.74) is 10.3. The molecule has 0 bridgehead atoms. The van der Waals surface area contributed by atoms with Crippen LogP contribution in [0.3, 0.4) is 0 Å². The molecule has 4 aromatic rings. The molecule has 10 heteroatoms. The van der Waals surface area contributed by atoms with Gasteiger partial charge in [0, 0.05) is 59.6 Å². The van der Waals surface area contributed by atoms with Crippen LogP contribution in [0.15, 0.2) is 72.1 Å². The van der Waals surface area contributed by atoms with Crippen LogP contribution in [0, 0.1) is 11.7 Å². The number of aromatic nitrogens is 4. The van der Waals surface area contributed by atoms with Gasteiger partial charge in [-0.2, -0.15) is 5.10 Å². The van der Waals surface area contributed by atoms with Crippen molar-refractivity contribution in [1.29, 1.82) is 0 Å². The molecule has 270 valence electrons. The minimum absolute atomic E-state index is 0.106. The first kappa shape index (κ1) is 34.3. The molecule has 2 fully saturated rings.